The van der Waals surface area contributed by atoms with Crippen LogP contribution in [0.15, 0.2) is 24.3 Å². The van der Waals surface area contributed by atoms with Gasteiger partial charge < -0.3 is 42.3 Å². The molecule has 0 spiro atoms. The van der Waals surface area contributed by atoms with Crippen LogP contribution in [0, 0.1) is 76.9 Å². The van der Waals surface area contributed by atoms with Crippen molar-refractivity contribution in [3.63, 3.8) is 0 Å². The maximum Gasteiger partial charge on any atom is 0.223 e. The topological polar surface area (TPSA) is 446 Å². The molecule has 0 aliphatic heterocycles. The van der Waals surface area contributed by atoms with Crippen molar-refractivity contribution in [1.82, 2.24) is 37.2 Å². The summed E-state index contributed by atoms with van der Waals surface area (Å²) in [6, 6.07) is 7.17. The highest BCUT2D eigenvalue weighted by atomic mass is 16.3. The Hall–Kier alpha value is -8.34. The van der Waals surface area contributed by atoms with Crippen molar-refractivity contribution in [3.8, 4) is 5.75 Å². The highest BCUT2D eigenvalue weighted by molar-refractivity contribution is 5.96. The minimum Gasteiger partial charge on any atom is -0.508 e. The first-order valence-electron chi connectivity index (χ1n) is 52.8. The third-order valence-corrected chi connectivity index (χ3v) is 22.2. The highest BCUT2D eigenvalue weighted by Crippen LogP contribution is 2.18. The standard InChI is InChI=1S/C19H27NO4.C17H29NO4.C15H26O3.C14H25NO3.C13H28N2O.C13H25NO2.C13H22O3.C9H19NO/c1-12(2)17(22)9-10-18(23)16(20-19(24)13(3)4)11-14-5-7-15(21)8-6-14;1-12(2)15(20)10-9-14(19)7-5-6-8-17(22)18-11-16(21)13(3)4;1-11(2)14(17)8-6-5-7-13(16)9-10-15(18)12(3)4;1-8(2)12(16)7-11(13(17)9(3)4)15-14(18)10(5)6;1-11(2)14-9-5-7-13(16)8-6-10-15-12(3)4;1-10(2)13(16)8-7-12(15)6-5-9-14-11(3)4;1-9(2)12(15)7-5-11(14)6-8-13(16)10(3)4;1-7(2)9(11)5-6-10-8(3)4/h5-8,12-13,16,21H,9-11H2,1-4H3,(H,20,24);12-13H,5-11H2,1-4H3,(H,18,22);11-12H,5-10H2,1-4H3;8-11H,7H2,1-6H3,(H,15,18);11-12,14-15H,5-10H2,1-4H3;10-11,14H,5-9H2,1-4H3;9-10H,5-8H2,1-4H3;7-8,10H,5-6H2,1-4H3/t16-;;;;;;;/m0......./s1. The molecule has 1 unspecified atom stereocenters. The maximum absolute atomic E-state index is 12.5. The minimum atomic E-state index is -0.685. The SMILES string of the molecule is CC(C)C(=O)CC(NC(=O)C(C)C)C(=O)C(C)C.CC(C)C(=O)CCC(=O)CCC(=O)C(C)C.CC(C)C(=O)CCC(=O)CCCCC(=O)NCC(=O)C(C)C.CC(C)C(=O)CCC(=O)[C@H](Cc1ccc(O)cc1)NC(=O)C(C)C.CC(C)C(=O)CCCCC(=O)CCC(=O)C(C)C.CC(C)NCCC(=O)C(C)C.CC(C)NCCCC(=O)CCC(=O)C(C)C.CC(C)NCCCC(=O)CCCNC(C)C. The number of hydrogen-bond acceptors (Lipinski definition) is 25. The fourth-order valence-electron chi connectivity index (χ4n) is 11.7. The van der Waals surface area contributed by atoms with Crippen molar-refractivity contribution >= 4 is 116 Å². The van der Waals surface area contributed by atoms with E-state index in [1.807, 2.05) is 96.9 Å². The van der Waals surface area contributed by atoms with E-state index < -0.39 is 12.1 Å². The van der Waals surface area contributed by atoms with Gasteiger partial charge in [0.25, 0.3) is 0 Å². The molecular formula is C113H201N7O21. The Morgan fingerprint density at radius 1 is 0.227 bits per heavy atom. The molecule has 814 valence electrons. The van der Waals surface area contributed by atoms with E-state index in [9.17, 15) is 101 Å². The number of amides is 3. The maximum atomic E-state index is 12.5. The van der Waals surface area contributed by atoms with Gasteiger partial charge in [0.2, 0.25) is 17.7 Å². The summed E-state index contributed by atoms with van der Waals surface area (Å²) in [5, 5.41) is 30.5. The number of unbranched alkanes of at least 4 members (excludes halogenated alkanes) is 2. The van der Waals surface area contributed by atoms with Crippen molar-refractivity contribution < 1.29 is 101 Å². The van der Waals surface area contributed by atoms with Crippen LogP contribution in [-0.4, -0.2) is 190 Å². The lowest BCUT2D eigenvalue weighted by Crippen LogP contribution is -2.45. The van der Waals surface area contributed by atoms with Crippen molar-refractivity contribution in [2.45, 2.75) is 458 Å². The number of phenols is 1. The molecule has 28 heteroatoms. The Kier molecular flexibility index (Phi) is 91.1. The zero-order valence-corrected chi connectivity index (χ0v) is 94.4. The van der Waals surface area contributed by atoms with E-state index in [1.54, 1.807) is 107 Å². The number of hydrogen-bond donors (Lipinski definition) is 8. The van der Waals surface area contributed by atoms with Gasteiger partial charge in [-0.3, -0.25) is 95.9 Å². The zero-order valence-electron chi connectivity index (χ0n) is 94.4. The molecule has 0 saturated carbocycles. The monoisotopic (exact) mass is 1990 g/mol. The summed E-state index contributed by atoms with van der Waals surface area (Å²) in [6.45, 7) is 68.0. The number of carbonyl (C=O) groups excluding carboxylic acids is 20. The lowest BCUT2D eigenvalue weighted by molar-refractivity contribution is -0.133. The second-order valence-electron chi connectivity index (χ2n) is 42.1. The van der Waals surface area contributed by atoms with Gasteiger partial charge in [0, 0.05) is 242 Å². The molecule has 141 heavy (non-hydrogen) atoms. The summed E-state index contributed by atoms with van der Waals surface area (Å²) < 4.78 is 0. The van der Waals surface area contributed by atoms with Crippen LogP contribution in [0.5, 0.6) is 5.75 Å². The molecule has 0 aliphatic carbocycles. The van der Waals surface area contributed by atoms with Crippen LogP contribution >= 0.6 is 0 Å². The summed E-state index contributed by atoms with van der Waals surface area (Å²) in [5.41, 5.74) is 0.838. The van der Waals surface area contributed by atoms with Gasteiger partial charge in [-0.1, -0.05) is 248 Å². The molecule has 8 N–H and O–H groups in total. The van der Waals surface area contributed by atoms with Gasteiger partial charge in [-0.15, -0.1) is 0 Å². The number of nitrogens with one attached hydrogen (secondary N) is 7. The second kappa shape index (κ2) is 88.2. The molecule has 2 atom stereocenters. The first-order valence-corrected chi connectivity index (χ1v) is 52.8. The fraction of sp³-hybridized carbons (Fsp3) is 0.770. The van der Waals surface area contributed by atoms with E-state index in [-0.39, 0.29) is 226 Å². The smallest absolute Gasteiger partial charge is 0.223 e. The van der Waals surface area contributed by atoms with Crippen LogP contribution in [0.25, 0.3) is 0 Å². The number of benzene rings is 1. The first kappa shape index (κ1) is 146. The molecule has 0 saturated heterocycles. The van der Waals surface area contributed by atoms with Crippen molar-refractivity contribution in [2.75, 3.05) is 32.7 Å². The fourth-order valence-corrected chi connectivity index (χ4v) is 11.7. The van der Waals surface area contributed by atoms with Gasteiger partial charge in [0.15, 0.2) is 17.3 Å². The third kappa shape index (κ3) is 93.7. The van der Waals surface area contributed by atoms with Crippen LogP contribution in [0.2, 0.25) is 0 Å². The predicted octanol–water partition coefficient (Wildman–Crippen LogP) is 19.0. The number of aromatic hydroxyl groups is 1. The summed E-state index contributed by atoms with van der Waals surface area (Å²) in [5.74, 6) is 0.948. The van der Waals surface area contributed by atoms with Gasteiger partial charge in [-0.05, 0) is 88.7 Å². The molecule has 0 bridgehead atoms. The molecular weight excluding hydrogens is 1790 g/mol. The Morgan fingerprint density at radius 2 is 0.468 bits per heavy atom. The van der Waals surface area contributed by atoms with Gasteiger partial charge in [0.05, 0.1) is 18.6 Å². The Morgan fingerprint density at radius 3 is 0.759 bits per heavy atom. The number of carbonyl (C=O) groups is 20. The molecule has 1 rings (SSSR count). The largest absolute Gasteiger partial charge is 0.508 e. The van der Waals surface area contributed by atoms with E-state index in [2.05, 4.69) is 92.6 Å². The molecule has 0 fully saturated rings. The van der Waals surface area contributed by atoms with E-state index in [1.165, 1.54) is 0 Å². The van der Waals surface area contributed by atoms with Crippen LogP contribution in [-0.2, 0) is 102 Å². The summed E-state index contributed by atoms with van der Waals surface area (Å²) in [7, 11) is 0. The number of phenolic OH excluding ortho intramolecular Hbond substituents is 1. The van der Waals surface area contributed by atoms with Gasteiger partial charge >= 0.3 is 0 Å². The van der Waals surface area contributed by atoms with Crippen LogP contribution in [0.4, 0.5) is 0 Å². The number of rotatable bonds is 70. The lowest BCUT2D eigenvalue weighted by Gasteiger charge is -2.21. The normalized spacial score (nSPS) is 11.5. The van der Waals surface area contributed by atoms with Crippen molar-refractivity contribution in [2.24, 2.45) is 76.9 Å². The average Bonchev–Trinajstić information content (AvgIpc) is 0.873. The van der Waals surface area contributed by atoms with E-state index in [4.69, 9.17) is 0 Å². The molecule has 1 aromatic rings. The number of Topliss-reactive ketones (excluding diaryl/α,β-unsaturated/α-hetero) is 17. The van der Waals surface area contributed by atoms with E-state index >= 15 is 0 Å². The Balaban J connectivity index is -0.000000293. The average molecular weight is 1990 g/mol. The molecule has 0 aromatic heterocycles. The second-order valence-corrected chi connectivity index (χ2v) is 42.1. The zero-order chi connectivity index (χ0) is 110. The Bertz CT molecular complexity index is 3660. The molecule has 3 amide bonds. The first-order chi connectivity index (χ1) is 65.3. The molecule has 0 radical (unpaired) electrons. The van der Waals surface area contributed by atoms with Crippen LogP contribution < -0.4 is 37.2 Å². The van der Waals surface area contributed by atoms with Gasteiger partial charge in [-0.2, -0.15) is 0 Å². The molecule has 0 heterocycles. The minimum absolute atomic E-state index is 0.00180. The van der Waals surface area contributed by atoms with E-state index in [0.29, 0.717) is 145 Å². The van der Waals surface area contributed by atoms with Crippen molar-refractivity contribution in [1.29, 1.82) is 0 Å². The summed E-state index contributed by atoms with van der Waals surface area (Å²) in [4.78, 5) is 231. The third-order valence-electron chi connectivity index (χ3n) is 22.2. The summed E-state index contributed by atoms with van der Waals surface area (Å²) in [6.07, 6.45) is 14.2. The Labute approximate surface area is 852 Å². The quantitative estimate of drug-likeness (QED) is 0.0281. The van der Waals surface area contributed by atoms with Crippen LogP contribution in [0.3, 0.4) is 0 Å². The molecule has 0 aliphatic rings. The predicted molar refractivity (Wildman–Crippen MR) is 569 cm³/mol. The highest BCUT2D eigenvalue weighted by Gasteiger charge is 2.29. The molecule has 28 nitrogen and oxygen atoms in total. The van der Waals surface area contributed by atoms with E-state index in [0.717, 1.165) is 76.7 Å². The number of ketones is 17. The lowest BCUT2D eigenvalue weighted by atomic mass is 9.93. The summed E-state index contributed by atoms with van der Waals surface area (Å²) >= 11 is 0. The van der Waals surface area contributed by atoms with Crippen LogP contribution in [0.1, 0.15) is 421 Å². The molecule has 1 aromatic carbocycles. The van der Waals surface area contributed by atoms with Gasteiger partial charge in [0.1, 0.15) is 86.7 Å². The van der Waals surface area contributed by atoms with Crippen molar-refractivity contribution in [3.05, 3.63) is 29.8 Å². The van der Waals surface area contributed by atoms with Gasteiger partial charge in [-0.25, -0.2) is 0 Å².